The topological polar surface area (TPSA) is 61.4 Å². The molecule has 1 heterocycles. The Morgan fingerprint density at radius 2 is 2.16 bits per heavy atom. The van der Waals surface area contributed by atoms with Gasteiger partial charge in [-0.3, -0.25) is 9.59 Å². The summed E-state index contributed by atoms with van der Waals surface area (Å²) < 4.78 is 36.6. The smallest absolute Gasteiger partial charge is 0.354 e. The van der Waals surface area contributed by atoms with Gasteiger partial charge in [0.25, 0.3) is 0 Å². The van der Waals surface area contributed by atoms with E-state index in [0.717, 1.165) is 0 Å². The lowest BCUT2D eigenvalue weighted by molar-refractivity contribution is -0.157. The zero-order valence-electron chi connectivity index (χ0n) is 10.9. The molecular weight excluding hydrogens is 263 g/mol. The first-order valence-corrected chi connectivity index (χ1v) is 6.02. The van der Waals surface area contributed by atoms with Crippen molar-refractivity contribution in [1.82, 2.24) is 15.5 Å². The molecule has 110 valence electrons. The Labute approximate surface area is 109 Å². The molecule has 1 aliphatic rings. The van der Waals surface area contributed by atoms with Crippen molar-refractivity contribution in [3.63, 3.8) is 0 Å². The van der Waals surface area contributed by atoms with Crippen LogP contribution in [0.5, 0.6) is 0 Å². The summed E-state index contributed by atoms with van der Waals surface area (Å²) in [6.45, 7) is 0.774. The van der Waals surface area contributed by atoms with Gasteiger partial charge >= 0.3 is 6.18 Å². The summed E-state index contributed by atoms with van der Waals surface area (Å²) in [7, 11) is 1.74. The van der Waals surface area contributed by atoms with Gasteiger partial charge in [0.2, 0.25) is 11.8 Å². The number of likely N-dealkylation sites (N-methyl/N-ethyl adjacent to an activating group) is 1. The largest absolute Gasteiger partial charge is 0.406 e. The Kier molecular flexibility index (Phi) is 5.16. The third kappa shape index (κ3) is 5.06. The number of carbonyl (C=O) groups excluding carboxylic acids is 2. The molecule has 8 heteroatoms. The molecule has 19 heavy (non-hydrogen) atoms. The number of rotatable bonds is 5. The number of hydrogen-bond acceptors (Lipinski definition) is 3. The van der Waals surface area contributed by atoms with Crippen LogP contribution in [0.25, 0.3) is 0 Å². The van der Waals surface area contributed by atoms with Gasteiger partial charge in [-0.05, 0) is 14.0 Å². The number of carbonyl (C=O) groups is 2. The first kappa shape index (κ1) is 15.7. The molecule has 0 radical (unpaired) electrons. The Morgan fingerprint density at radius 3 is 2.68 bits per heavy atom. The number of halogens is 3. The van der Waals surface area contributed by atoms with Crippen molar-refractivity contribution in [3.8, 4) is 0 Å². The predicted octanol–water partition coefficient (Wildman–Crippen LogP) is 0.121. The van der Waals surface area contributed by atoms with Crippen LogP contribution in [0.1, 0.15) is 13.3 Å². The minimum atomic E-state index is -4.43. The second-order valence-electron chi connectivity index (χ2n) is 4.73. The highest BCUT2D eigenvalue weighted by Crippen LogP contribution is 2.23. The number of amides is 2. The third-order valence-corrected chi connectivity index (χ3v) is 3.03. The molecule has 0 aromatic heterocycles. The number of nitrogens with one attached hydrogen (secondary N) is 2. The maximum atomic E-state index is 12.2. The lowest BCUT2D eigenvalue weighted by Gasteiger charge is -2.18. The standard InChI is InChI=1S/C11H18F3N3O2/c1-7(15-2)4-16-10(19)8-3-9(18)17(5-8)6-11(12,13)14/h7-8,15H,3-6H2,1-2H3,(H,16,19). The highest BCUT2D eigenvalue weighted by Gasteiger charge is 2.40. The summed E-state index contributed by atoms with van der Waals surface area (Å²) in [6.07, 6.45) is -4.59. The quantitative estimate of drug-likeness (QED) is 0.752. The highest BCUT2D eigenvalue weighted by atomic mass is 19.4. The zero-order chi connectivity index (χ0) is 14.6. The average molecular weight is 281 g/mol. The molecule has 1 saturated heterocycles. The van der Waals surface area contributed by atoms with E-state index in [1.165, 1.54) is 0 Å². The lowest BCUT2D eigenvalue weighted by atomic mass is 10.1. The van der Waals surface area contributed by atoms with Gasteiger partial charge in [0, 0.05) is 25.6 Å². The molecule has 5 nitrogen and oxygen atoms in total. The van der Waals surface area contributed by atoms with Crippen molar-refractivity contribution in [2.24, 2.45) is 5.92 Å². The van der Waals surface area contributed by atoms with Crippen molar-refractivity contribution in [3.05, 3.63) is 0 Å². The average Bonchev–Trinajstić information content (AvgIpc) is 2.65. The summed E-state index contributed by atoms with van der Waals surface area (Å²) >= 11 is 0. The van der Waals surface area contributed by atoms with Crippen molar-refractivity contribution in [2.75, 3.05) is 26.7 Å². The first-order chi connectivity index (χ1) is 8.73. The van der Waals surface area contributed by atoms with Crippen LogP contribution < -0.4 is 10.6 Å². The van der Waals surface area contributed by atoms with Gasteiger partial charge < -0.3 is 15.5 Å². The molecule has 0 spiro atoms. The Balaban J connectivity index is 2.45. The van der Waals surface area contributed by atoms with Gasteiger partial charge in [-0.25, -0.2) is 0 Å². The fourth-order valence-electron chi connectivity index (χ4n) is 1.82. The van der Waals surface area contributed by atoms with Crippen LogP contribution in [0, 0.1) is 5.92 Å². The minimum Gasteiger partial charge on any atom is -0.354 e. The second kappa shape index (κ2) is 6.23. The highest BCUT2D eigenvalue weighted by molar-refractivity contribution is 5.89. The second-order valence-corrected chi connectivity index (χ2v) is 4.73. The van der Waals surface area contributed by atoms with Gasteiger partial charge in [0.05, 0.1) is 5.92 Å². The van der Waals surface area contributed by atoms with E-state index >= 15 is 0 Å². The Hall–Kier alpha value is -1.31. The number of likely N-dealkylation sites (tertiary alicyclic amines) is 1. The van der Waals surface area contributed by atoms with E-state index in [1.54, 1.807) is 7.05 Å². The molecule has 2 amide bonds. The van der Waals surface area contributed by atoms with Gasteiger partial charge in [-0.2, -0.15) is 13.2 Å². The molecule has 2 N–H and O–H groups in total. The molecular formula is C11H18F3N3O2. The predicted molar refractivity (Wildman–Crippen MR) is 62.3 cm³/mol. The van der Waals surface area contributed by atoms with E-state index < -0.39 is 24.5 Å². The number of hydrogen-bond donors (Lipinski definition) is 2. The molecule has 1 fully saturated rings. The van der Waals surface area contributed by atoms with Crippen LogP contribution >= 0.6 is 0 Å². The van der Waals surface area contributed by atoms with Crippen molar-refractivity contribution in [1.29, 1.82) is 0 Å². The minimum absolute atomic E-state index is 0.0623. The van der Waals surface area contributed by atoms with E-state index in [2.05, 4.69) is 10.6 Å². The summed E-state index contributed by atoms with van der Waals surface area (Å²) in [5.74, 6) is -1.70. The van der Waals surface area contributed by atoms with Gasteiger partial charge in [-0.15, -0.1) is 0 Å². The Bertz CT molecular complexity index is 347. The van der Waals surface area contributed by atoms with Gasteiger partial charge in [0.1, 0.15) is 6.54 Å². The Morgan fingerprint density at radius 1 is 1.53 bits per heavy atom. The molecule has 1 rings (SSSR count). The van der Waals surface area contributed by atoms with Crippen LogP contribution in [0.4, 0.5) is 13.2 Å². The van der Waals surface area contributed by atoms with E-state index in [4.69, 9.17) is 0 Å². The third-order valence-electron chi connectivity index (χ3n) is 3.03. The van der Waals surface area contributed by atoms with Crippen molar-refractivity contribution >= 4 is 11.8 Å². The fourth-order valence-corrected chi connectivity index (χ4v) is 1.82. The SMILES string of the molecule is CNC(C)CNC(=O)C1CC(=O)N(CC(F)(F)F)C1. The van der Waals surface area contributed by atoms with Gasteiger partial charge in [0.15, 0.2) is 0 Å². The monoisotopic (exact) mass is 281 g/mol. The molecule has 2 unspecified atom stereocenters. The molecule has 0 aromatic carbocycles. The van der Waals surface area contributed by atoms with Crippen LogP contribution in [-0.2, 0) is 9.59 Å². The summed E-state index contributed by atoms with van der Waals surface area (Å²) in [5, 5.41) is 5.54. The maximum absolute atomic E-state index is 12.2. The van der Waals surface area contributed by atoms with Crippen LogP contribution in [0.2, 0.25) is 0 Å². The summed E-state index contributed by atoms with van der Waals surface area (Å²) in [6, 6.07) is 0.0623. The van der Waals surface area contributed by atoms with Crippen LogP contribution in [0.3, 0.4) is 0 Å². The van der Waals surface area contributed by atoms with Crippen LogP contribution in [-0.4, -0.2) is 55.6 Å². The summed E-state index contributed by atoms with van der Waals surface area (Å²) in [5.41, 5.74) is 0. The molecule has 0 aliphatic carbocycles. The molecule has 0 bridgehead atoms. The van der Waals surface area contributed by atoms with E-state index in [9.17, 15) is 22.8 Å². The first-order valence-electron chi connectivity index (χ1n) is 6.02. The van der Waals surface area contributed by atoms with E-state index in [-0.39, 0.29) is 24.9 Å². The molecule has 0 saturated carbocycles. The molecule has 1 aliphatic heterocycles. The molecule has 0 aromatic rings. The van der Waals surface area contributed by atoms with Gasteiger partial charge in [-0.1, -0.05) is 0 Å². The zero-order valence-corrected chi connectivity index (χ0v) is 10.9. The van der Waals surface area contributed by atoms with E-state index in [1.807, 2.05) is 6.92 Å². The number of alkyl halides is 3. The fraction of sp³-hybridized carbons (Fsp3) is 0.818. The van der Waals surface area contributed by atoms with E-state index in [0.29, 0.717) is 11.4 Å². The lowest BCUT2D eigenvalue weighted by Crippen LogP contribution is -2.41. The maximum Gasteiger partial charge on any atom is 0.406 e. The molecule has 2 atom stereocenters. The normalized spacial score (nSPS) is 21.6. The van der Waals surface area contributed by atoms with Crippen molar-refractivity contribution in [2.45, 2.75) is 25.6 Å². The van der Waals surface area contributed by atoms with Crippen molar-refractivity contribution < 1.29 is 22.8 Å². The summed E-state index contributed by atoms with van der Waals surface area (Å²) in [4.78, 5) is 23.8. The van der Waals surface area contributed by atoms with Crippen LogP contribution in [0.15, 0.2) is 0 Å². The number of nitrogens with zero attached hydrogens (tertiary/aromatic N) is 1.